The number of carbonyl (C=O) groups is 1. The molecular formula is C23H20N6O2S. The molecule has 5 rings (SSSR count). The number of hydrogen-bond acceptors (Lipinski definition) is 7. The van der Waals surface area contributed by atoms with E-state index in [4.69, 9.17) is 4.74 Å². The van der Waals surface area contributed by atoms with E-state index in [9.17, 15) is 4.79 Å². The van der Waals surface area contributed by atoms with Gasteiger partial charge in [0.2, 0.25) is 0 Å². The number of nitrogens with zero attached hydrogens (tertiary/aromatic N) is 6. The van der Waals surface area contributed by atoms with Crippen LogP contribution in [0.2, 0.25) is 0 Å². The number of hydrogen-bond donors (Lipinski definition) is 0. The van der Waals surface area contributed by atoms with E-state index in [1.807, 2.05) is 42.5 Å². The van der Waals surface area contributed by atoms with Crippen LogP contribution in [0.5, 0.6) is 5.75 Å². The van der Waals surface area contributed by atoms with Gasteiger partial charge in [-0.3, -0.25) is 4.79 Å². The summed E-state index contributed by atoms with van der Waals surface area (Å²) >= 11 is 1.44. The van der Waals surface area contributed by atoms with E-state index >= 15 is 0 Å². The Balaban J connectivity index is 1.51. The van der Waals surface area contributed by atoms with Crippen molar-refractivity contribution in [2.45, 2.75) is 17.3 Å². The monoisotopic (exact) mass is 444 g/mol. The fraction of sp³-hybridized carbons (Fsp3) is 0.174. The molecule has 32 heavy (non-hydrogen) atoms. The second-order valence-electron chi connectivity index (χ2n) is 7.15. The topological polar surface area (TPSA) is 86.0 Å². The lowest BCUT2D eigenvalue weighted by Crippen LogP contribution is -2.30. The second-order valence-corrected chi connectivity index (χ2v) is 8.09. The van der Waals surface area contributed by atoms with Crippen molar-refractivity contribution in [3.8, 4) is 11.4 Å². The summed E-state index contributed by atoms with van der Waals surface area (Å²) in [5, 5.41) is 9.25. The molecule has 0 unspecified atom stereocenters. The van der Waals surface area contributed by atoms with Crippen molar-refractivity contribution in [1.29, 1.82) is 0 Å². The zero-order chi connectivity index (χ0) is 21.9. The lowest BCUT2D eigenvalue weighted by molar-refractivity contribution is 0.0984. The Labute approximate surface area is 189 Å². The zero-order valence-electron chi connectivity index (χ0n) is 17.4. The van der Waals surface area contributed by atoms with Gasteiger partial charge in [-0.15, -0.1) is 5.10 Å². The highest BCUT2D eigenvalue weighted by atomic mass is 32.2. The molecule has 160 valence electrons. The fourth-order valence-corrected chi connectivity index (χ4v) is 4.49. The van der Waals surface area contributed by atoms with Crippen molar-refractivity contribution in [2.75, 3.05) is 18.6 Å². The van der Waals surface area contributed by atoms with E-state index < -0.39 is 0 Å². The Hall–Kier alpha value is -3.72. The fourth-order valence-electron chi connectivity index (χ4n) is 3.70. The minimum absolute atomic E-state index is 0.153. The first-order valence-electron chi connectivity index (χ1n) is 10.1. The van der Waals surface area contributed by atoms with Gasteiger partial charge in [-0.2, -0.15) is 0 Å². The molecule has 2 aromatic carbocycles. The molecule has 0 saturated carbocycles. The minimum Gasteiger partial charge on any atom is -0.497 e. The molecule has 4 aromatic rings. The number of para-hydroxylation sites is 1. The molecule has 0 N–H and O–H groups in total. The van der Waals surface area contributed by atoms with Gasteiger partial charge in [0, 0.05) is 30.4 Å². The zero-order valence-corrected chi connectivity index (χ0v) is 18.2. The van der Waals surface area contributed by atoms with Crippen LogP contribution in [0.4, 0.5) is 5.69 Å². The molecule has 0 aliphatic carbocycles. The molecule has 1 aliphatic heterocycles. The van der Waals surface area contributed by atoms with E-state index in [1.54, 1.807) is 35.2 Å². The number of thioether (sulfide) groups is 1. The molecule has 0 bridgehead atoms. The molecule has 0 saturated heterocycles. The lowest BCUT2D eigenvalue weighted by Gasteiger charge is -2.17. The first-order chi connectivity index (χ1) is 15.7. The van der Waals surface area contributed by atoms with Gasteiger partial charge in [-0.25, -0.2) is 14.6 Å². The lowest BCUT2D eigenvalue weighted by atomic mass is 10.2. The SMILES string of the molecule is COc1ccc(-n2nnc(C(=O)N3CCc4ccccc43)c2CSc2ncccn2)cc1. The van der Waals surface area contributed by atoms with Gasteiger partial charge in [0.1, 0.15) is 5.75 Å². The number of methoxy groups -OCH3 is 1. The highest BCUT2D eigenvalue weighted by Crippen LogP contribution is 2.30. The molecule has 1 amide bonds. The van der Waals surface area contributed by atoms with Crippen LogP contribution in [0.1, 0.15) is 21.7 Å². The van der Waals surface area contributed by atoms with E-state index in [-0.39, 0.29) is 5.91 Å². The molecule has 0 fully saturated rings. The highest BCUT2D eigenvalue weighted by Gasteiger charge is 2.30. The van der Waals surface area contributed by atoms with Crippen LogP contribution in [0, 0.1) is 0 Å². The Kier molecular flexibility index (Phi) is 5.55. The maximum Gasteiger partial charge on any atom is 0.280 e. The number of amides is 1. The Bertz CT molecular complexity index is 1240. The van der Waals surface area contributed by atoms with E-state index in [1.165, 1.54) is 11.8 Å². The molecule has 0 atom stereocenters. The Morgan fingerprint density at radius 2 is 1.84 bits per heavy atom. The molecule has 0 spiro atoms. The number of fused-ring (bicyclic) bond motifs is 1. The van der Waals surface area contributed by atoms with Gasteiger partial charge in [0.25, 0.3) is 5.91 Å². The van der Waals surface area contributed by atoms with Gasteiger partial charge >= 0.3 is 0 Å². The van der Waals surface area contributed by atoms with Gasteiger partial charge < -0.3 is 9.64 Å². The summed E-state index contributed by atoms with van der Waals surface area (Å²) in [7, 11) is 1.62. The summed E-state index contributed by atoms with van der Waals surface area (Å²) in [4.78, 5) is 23.9. The third kappa shape index (κ3) is 3.82. The van der Waals surface area contributed by atoms with Gasteiger partial charge in [0.05, 0.1) is 18.5 Å². The van der Waals surface area contributed by atoms with Crippen molar-refractivity contribution < 1.29 is 9.53 Å². The molecule has 9 heteroatoms. The quantitative estimate of drug-likeness (QED) is 0.332. The number of ether oxygens (including phenoxy) is 1. The predicted molar refractivity (Wildman–Crippen MR) is 121 cm³/mol. The van der Waals surface area contributed by atoms with Crippen molar-refractivity contribution in [3.63, 3.8) is 0 Å². The van der Waals surface area contributed by atoms with Gasteiger partial charge in [-0.05, 0) is 48.4 Å². The van der Waals surface area contributed by atoms with Crippen LogP contribution < -0.4 is 9.64 Å². The summed E-state index contributed by atoms with van der Waals surface area (Å²) in [6.45, 7) is 0.627. The number of aromatic nitrogens is 5. The summed E-state index contributed by atoms with van der Waals surface area (Å²) in [6, 6.07) is 17.2. The molecule has 3 heterocycles. The predicted octanol–water partition coefficient (Wildman–Crippen LogP) is 3.56. The minimum atomic E-state index is -0.153. The Morgan fingerprint density at radius 3 is 2.62 bits per heavy atom. The van der Waals surface area contributed by atoms with Crippen molar-refractivity contribution >= 4 is 23.4 Å². The van der Waals surface area contributed by atoms with Crippen molar-refractivity contribution in [3.05, 3.63) is 83.9 Å². The number of carbonyl (C=O) groups excluding carboxylic acids is 1. The standard InChI is InChI=1S/C23H20N6O2S/c1-31-18-9-7-17(8-10-18)29-20(15-32-23-24-12-4-13-25-23)21(26-27-29)22(30)28-14-11-16-5-2-3-6-19(16)28/h2-10,12-13H,11,14-15H2,1H3. The largest absolute Gasteiger partial charge is 0.497 e. The third-order valence-electron chi connectivity index (χ3n) is 5.30. The smallest absolute Gasteiger partial charge is 0.280 e. The molecule has 1 aliphatic rings. The Morgan fingerprint density at radius 1 is 1.06 bits per heavy atom. The van der Waals surface area contributed by atoms with Crippen molar-refractivity contribution in [1.82, 2.24) is 25.0 Å². The first kappa shape index (κ1) is 20.2. The molecule has 2 aromatic heterocycles. The summed E-state index contributed by atoms with van der Waals surface area (Å²) in [5.41, 5.74) is 3.92. The highest BCUT2D eigenvalue weighted by molar-refractivity contribution is 7.98. The van der Waals surface area contributed by atoms with Crippen molar-refractivity contribution in [2.24, 2.45) is 0 Å². The van der Waals surface area contributed by atoms with E-state index in [0.29, 0.717) is 28.8 Å². The second kappa shape index (κ2) is 8.80. The summed E-state index contributed by atoms with van der Waals surface area (Å²) in [6.07, 6.45) is 4.22. The molecule has 8 nitrogen and oxygen atoms in total. The maximum absolute atomic E-state index is 13.5. The van der Waals surface area contributed by atoms with Crippen LogP contribution in [0.25, 0.3) is 5.69 Å². The summed E-state index contributed by atoms with van der Waals surface area (Å²) < 4.78 is 6.96. The molecule has 0 radical (unpaired) electrons. The normalized spacial score (nSPS) is 12.6. The van der Waals surface area contributed by atoms with E-state index in [2.05, 4.69) is 26.3 Å². The number of rotatable bonds is 6. The van der Waals surface area contributed by atoms with Crippen LogP contribution in [0.3, 0.4) is 0 Å². The van der Waals surface area contributed by atoms with Gasteiger partial charge in [-0.1, -0.05) is 35.2 Å². The summed E-state index contributed by atoms with van der Waals surface area (Å²) in [5.74, 6) is 1.03. The van der Waals surface area contributed by atoms with E-state index in [0.717, 1.165) is 29.1 Å². The average molecular weight is 445 g/mol. The first-order valence-corrected chi connectivity index (χ1v) is 11.1. The number of anilines is 1. The third-order valence-corrected chi connectivity index (χ3v) is 6.18. The van der Waals surface area contributed by atoms with Crippen LogP contribution in [0.15, 0.2) is 72.1 Å². The maximum atomic E-state index is 13.5. The van der Waals surface area contributed by atoms with Crippen LogP contribution in [-0.4, -0.2) is 44.5 Å². The van der Waals surface area contributed by atoms with Gasteiger partial charge in [0.15, 0.2) is 10.9 Å². The average Bonchev–Trinajstić information content (AvgIpc) is 3.47. The number of benzene rings is 2. The van der Waals surface area contributed by atoms with Crippen LogP contribution in [-0.2, 0) is 12.2 Å². The molecular weight excluding hydrogens is 424 g/mol. The van der Waals surface area contributed by atoms with Crippen LogP contribution >= 0.6 is 11.8 Å².